The highest BCUT2D eigenvalue weighted by Crippen LogP contribution is 2.29. The second kappa shape index (κ2) is 5.61. The largest absolute Gasteiger partial charge is 0.488 e. The average Bonchev–Trinajstić information content (AvgIpc) is 2.95. The maximum atomic E-state index is 13.1. The summed E-state index contributed by atoms with van der Waals surface area (Å²) in [5.41, 5.74) is 0.962. The Kier molecular flexibility index (Phi) is 3.86. The minimum atomic E-state index is -0.196. The van der Waals surface area contributed by atoms with Crippen molar-refractivity contribution < 1.29 is 9.13 Å². The second-order valence-electron chi connectivity index (χ2n) is 4.52. The van der Waals surface area contributed by atoms with Crippen molar-refractivity contribution in [3.63, 3.8) is 0 Å². The predicted octanol–water partition coefficient (Wildman–Crippen LogP) is 3.74. The molecule has 100 valence electrons. The highest BCUT2D eigenvalue weighted by Gasteiger charge is 2.22. The van der Waals surface area contributed by atoms with Crippen molar-refractivity contribution in [1.29, 1.82) is 0 Å². The molecule has 0 saturated carbocycles. The van der Waals surface area contributed by atoms with Gasteiger partial charge in [-0.05, 0) is 45.6 Å². The van der Waals surface area contributed by atoms with Crippen LogP contribution in [-0.4, -0.2) is 12.6 Å². The summed E-state index contributed by atoms with van der Waals surface area (Å²) in [6, 6.07) is 6.76. The van der Waals surface area contributed by atoms with Crippen molar-refractivity contribution in [3.05, 3.63) is 50.4 Å². The van der Waals surface area contributed by atoms with Crippen molar-refractivity contribution in [2.24, 2.45) is 0 Å². The van der Waals surface area contributed by atoms with E-state index >= 15 is 0 Å². The number of thiophene rings is 1. The maximum Gasteiger partial charge on any atom is 0.123 e. The Balaban J connectivity index is 1.52. The van der Waals surface area contributed by atoms with Crippen LogP contribution in [0.15, 0.2) is 34.1 Å². The Morgan fingerprint density at radius 2 is 2.32 bits per heavy atom. The first-order valence-corrected chi connectivity index (χ1v) is 7.77. The van der Waals surface area contributed by atoms with Gasteiger partial charge in [0.05, 0.1) is 0 Å². The van der Waals surface area contributed by atoms with Crippen LogP contribution in [0.25, 0.3) is 0 Å². The lowest BCUT2D eigenvalue weighted by atomic mass is 10.1. The number of rotatable bonds is 4. The fourth-order valence-electron chi connectivity index (χ4n) is 2.20. The number of halogens is 2. The van der Waals surface area contributed by atoms with Crippen LogP contribution in [0, 0.1) is 5.82 Å². The third kappa shape index (κ3) is 2.99. The normalized spacial score (nSPS) is 17.3. The molecule has 1 aromatic carbocycles. The van der Waals surface area contributed by atoms with Crippen molar-refractivity contribution in [2.75, 3.05) is 6.54 Å². The summed E-state index contributed by atoms with van der Waals surface area (Å²) in [5, 5.41) is 5.44. The van der Waals surface area contributed by atoms with E-state index in [0.29, 0.717) is 0 Å². The molecule has 1 aliphatic rings. The van der Waals surface area contributed by atoms with Crippen LogP contribution in [0.5, 0.6) is 5.75 Å². The third-order valence-electron chi connectivity index (χ3n) is 3.11. The lowest BCUT2D eigenvalue weighted by Gasteiger charge is -2.11. The SMILES string of the molecule is Fc1ccc2c(c1)CC(CNCc1sccc1Br)O2. The summed E-state index contributed by atoms with van der Waals surface area (Å²) < 4.78 is 20.0. The molecule has 2 heterocycles. The van der Waals surface area contributed by atoms with Crippen molar-refractivity contribution in [2.45, 2.75) is 19.1 Å². The van der Waals surface area contributed by atoms with Crippen LogP contribution in [-0.2, 0) is 13.0 Å². The molecular weight excluding hydrogens is 329 g/mol. The summed E-state index contributed by atoms with van der Waals surface area (Å²) in [6.07, 6.45) is 0.863. The molecule has 5 heteroatoms. The van der Waals surface area contributed by atoms with Crippen LogP contribution in [0.3, 0.4) is 0 Å². The highest BCUT2D eigenvalue weighted by molar-refractivity contribution is 9.10. The van der Waals surface area contributed by atoms with Crippen molar-refractivity contribution in [1.82, 2.24) is 5.32 Å². The van der Waals surface area contributed by atoms with Gasteiger partial charge in [0.2, 0.25) is 0 Å². The van der Waals surface area contributed by atoms with Gasteiger partial charge in [-0.25, -0.2) is 4.39 Å². The van der Waals surface area contributed by atoms with E-state index in [1.54, 1.807) is 23.5 Å². The Hall–Kier alpha value is -0.910. The van der Waals surface area contributed by atoms with Gasteiger partial charge in [-0.2, -0.15) is 0 Å². The monoisotopic (exact) mass is 341 g/mol. The summed E-state index contributed by atoms with van der Waals surface area (Å²) in [7, 11) is 0. The first-order valence-electron chi connectivity index (χ1n) is 6.10. The summed E-state index contributed by atoms with van der Waals surface area (Å²) in [5.74, 6) is 0.615. The number of benzene rings is 1. The lowest BCUT2D eigenvalue weighted by Crippen LogP contribution is -2.29. The molecule has 0 bridgehead atoms. The fraction of sp³-hybridized carbons (Fsp3) is 0.286. The Labute approximate surface area is 123 Å². The Morgan fingerprint density at radius 1 is 1.42 bits per heavy atom. The van der Waals surface area contributed by atoms with Gasteiger partial charge in [-0.3, -0.25) is 0 Å². The molecule has 2 nitrogen and oxygen atoms in total. The molecule has 0 amide bonds. The topological polar surface area (TPSA) is 21.3 Å². The van der Waals surface area contributed by atoms with Crippen molar-refractivity contribution in [3.8, 4) is 5.75 Å². The molecule has 19 heavy (non-hydrogen) atoms. The van der Waals surface area contributed by atoms with Gasteiger partial charge >= 0.3 is 0 Å². The number of hydrogen-bond donors (Lipinski definition) is 1. The van der Waals surface area contributed by atoms with E-state index in [9.17, 15) is 4.39 Å². The number of ether oxygens (including phenoxy) is 1. The molecule has 0 fully saturated rings. The average molecular weight is 342 g/mol. The molecule has 1 atom stereocenters. The lowest BCUT2D eigenvalue weighted by molar-refractivity contribution is 0.227. The van der Waals surface area contributed by atoms with E-state index in [0.717, 1.165) is 35.3 Å². The zero-order chi connectivity index (χ0) is 13.2. The smallest absolute Gasteiger partial charge is 0.123 e. The van der Waals surface area contributed by atoms with E-state index in [1.165, 1.54) is 10.9 Å². The molecule has 3 rings (SSSR count). The molecular formula is C14H13BrFNOS. The molecule has 0 saturated heterocycles. The fourth-order valence-corrected chi connectivity index (χ4v) is 3.66. The van der Waals surface area contributed by atoms with Gasteiger partial charge in [0.25, 0.3) is 0 Å². The minimum Gasteiger partial charge on any atom is -0.488 e. The first-order chi connectivity index (χ1) is 9.22. The third-order valence-corrected chi connectivity index (χ3v) is 5.04. The summed E-state index contributed by atoms with van der Waals surface area (Å²) in [6.45, 7) is 1.59. The van der Waals surface area contributed by atoms with Crippen LogP contribution in [0.4, 0.5) is 4.39 Å². The van der Waals surface area contributed by atoms with Crippen molar-refractivity contribution >= 4 is 27.3 Å². The Morgan fingerprint density at radius 3 is 3.11 bits per heavy atom. The van der Waals surface area contributed by atoms with E-state index in [4.69, 9.17) is 4.74 Å². The van der Waals surface area contributed by atoms with Gasteiger partial charge < -0.3 is 10.1 Å². The number of nitrogens with one attached hydrogen (secondary N) is 1. The quantitative estimate of drug-likeness (QED) is 0.914. The molecule has 0 spiro atoms. The highest BCUT2D eigenvalue weighted by atomic mass is 79.9. The van der Waals surface area contributed by atoms with Crippen LogP contribution in [0.2, 0.25) is 0 Å². The minimum absolute atomic E-state index is 0.0931. The standard InChI is InChI=1S/C14H13BrFNOS/c15-12-3-4-19-14(12)8-17-7-11-6-9-5-10(16)1-2-13(9)18-11/h1-5,11,17H,6-8H2. The van der Waals surface area contributed by atoms with Gasteiger partial charge in [-0.1, -0.05) is 0 Å². The first kappa shape index (κ1) is 13.1. The van der Waals surface area contributed by atoms with E-state index < -0.39 is 0 Å². The van der Waals surface area contributed by atoms with E-state index in [1.807, 2.05) is 6.07 Å². The molecule has 0 radical (unpaired) electrons. The van der Waals surface area contributed by atoms with Crippen LogP contribution in [0.1, 0.15) is 10.4 Å². The van der Waals surface area contributed by atoms with E-state index in [2.05, 4.69) is 26.6 Å². The van der Waals surface area contributed by atoms with Crippen LogP contribution >= 0.6 is 27.3 Å². The van der Waals surface area contributed by atoms with Gasteiger partial charge in [0, 0.05) is 34.4 Å². The van der Waals surface area contributed by atoms with Gasteiger partial charge in [-0.15, -0.1) is 11.3 Å². The number of fused-ring (bicyclic) bond motifs is 1. The summed E-state index contributed by atoms with van der Waals surface area (Å²) >= 11 is 5.23. The zero-order valence-electron chi connectivity index (χ0n) is 10.2. The molecule has 1 aromatic heterocycles. The number of hydrogen-bond acceptors (Lipinski definition) is 3. The van der Waals surface area contributed by atoms with E-state index in [-0.39, 0.29) is 11.9 Å². The van der Waals surface area contributed by atoms with Crippen LogP contribution < -0.4 is 10.1 Å². The van der Waals surface area contributed by atoms with Gasteiger partial charge in [0.1, 0.15) is 17.7 Å². The Bertz CT molecular complexity index is 587. The zero-order valence-corrected chi connectivity index (χ0v) is 12.6. The molecule has 1 unspecified atom stereocenters. The molecule has 0 aliphatic carbocycles. The van der Waals surface area contributed by atoms with Gasteiger partial charge in [0.15, 0.2) is 0 Å². The molecule has 2 aromatic rings. The summed E-state index contributed by atoms with van der Waals surface area (Å²) in [4.78, 5) is 1.28. The predicted molar refractivity (Wildman–Crippen MR) is 78.2 cm³/mol. The maximum absolute atomic E-state index is 13.1. The molecule has 1 N–H and O–H groups in total. The molecule has 1 aliphatic heterocycles. The second-order valence-corrected chi connectivity index (χ2v) is 6.37.